The summed E-state index contributed by atoms with van der Waals surface area (Å²) in [7, 11) is 0. The molecule has 1 aromatic rings. The number of nitrogens with one attached hydrogen (secondary N) is 1. The number of alkyl carbamates (subject to hydrolysis) is 1. The zero-order valence-electron chi connectivity index (χ0n) is 13.2. The third-order valence-corrected chi connectivity index (χ3v) is 1.53. The molecule has 0 unspecified atom stereocenters. The summed E-state index contributed by atoms with van der Waals surface area (Å²) in [6.45, 7) is 13.3. The van der Waals surface area contributed by atoms with Crippen molar-refractivity contribution in [3.05, 3.63) is 35.9 Å². The highest BCUT2D eigenvalue weighted by Gasteiger charge is 1.98. The standard InChI is InChI=1S/C10H13NO2.C4H10.C2H6.H2/c1-2-11-10(12)13-8-9-6-4-3-5-7-9;1-4(2)3;1-2;/h3-7H,2,8H2,1H3,(H,11,12);4H,1-3H3;1-2H3;1H. The largest absolute Gasteiger partial charge is 0.445 e. The number of carbonyl (C=O) groups is 1. The SMILES string of the molecule is CC.CC(C)C.CCNC(=O)OCc1ccccc1.[HH]. The first-order valence-corrected chi connectivity index (χ1v) is 7.00. The van der Waals surface area contributed by atoms with Gasteiger partial charge in [-0.25, -0.2) is 4.79 Å². The van der Waals surface area contributed by atoms with Crippen LogP contribution in [0.2, 0.25) is 0 Å². The molecule has 0 saturated heterocycles. The van der Waals surface area contributed by atoms with Gasteiger partial charge in [-0.1, -0.05) is 65.0 Å². The average molecular weight is 269 g/mol. The van der Waals surface area contributed by atoms with Gasteiger partial charge < -0.3 is 10.1 Å². The molecule has 0 saturated carbocycles. The highest BCUT2D eigenvalue weighted by atomic mass is 16.5. The van der Waals surface area contributed by atoms with Gasteiger partial charge in [0.15, 0.2) is 0 Å². The summed E-state index contributed by atoms with van der Waals surface area (Å²) < 4.78 is 4.92. The van der Waals surface area contributed by atoms with Crippen molar-refractivity contribution in [2.24, 2.45) is 5.92 Å². The lowest BCUT2D eigenvalue weighted by molar-refractivity contribution is 0.140. The van der Waals surface area contributed by atoms with E-state index in [-0.39, 0.29) is 7.52 Å². The van der Waals surface area contributed by atoms with Crippen LogP contribution in [0.3, 0.4) is 0 Å². The van der Waals surface area contributed by atoms with E-state index in [1.807, 2.05) is 51.1 Å². The number of rotatable bonds is 3. The Balaban J connectivity index is -0.000000357. The molecule has 0 bridgehead atoms. The molecular weight excluding hydrogens is 238 g/mol. The second-order valence-corrected chi connectivity index (χ2v) is 4.32. The van der Waals surface area contributed by atoms with E-state index in [0.717, 1.165) is 11.5 Å². The fourth-order valence-electron chi connectivity index (χ4n) is 0.918. The molecule has 0 radical (unpaired) electrons. The topological polar surface area (TPSA) is 38.3 Å². The molecule has 0 aromatic heterocycles. The molecule has 0 aliphatic rings. The second kappa shape index (κ2) is 14.6. The Morgan fingerprint density at radius 1 is 1.21 bits per heavy atom. The van der Waals surface area contributed by atoms with Gasteiger partial charge in [-0.15, -0.1) is 0 Å². The van der Waals surface area contributed by atoms with Crippen molar-refractivity contribution in [2.75, 3.05) is 6.54 Å². The van der Waals surface area contributed by atoms with E-state index in [4.69, 9.17) is 4.74 Å². The summed E-state index contributed by atoms with van der Waals surface area (Å²) in [5.41, 5.74) is 0.994. The summed E-state index contributed by atoms with van der Waals surface area (Å²) in [6.07, 6.45) is -0.369. The summed E-state index contributed by atoms with van der Waals surface area (Å²) >= 11 is 0. The highest BCUT2D eigenvalue weighted by molar-refractivity contribution is 5.66. The Labute approximate surface area is 119 Å². The predicted octanol–water partition coefficient (Wildman–Crippen LogP) is 4.87. The molecule has 0 aliphatic carbocycles. The van der Waals surface area contributed by atoms with Gasteiger partial charge in [-0.2, -0.15) is 0 Å². The Morgan fingerprint density at radius 3 is 2.11 bits per heavy atom. The van der Waals surface area contributed by atoms with Crippen LogP contribution in [-0.4, -0.2) is 12.6 Å². The molecule has 3 heteroatoms. The Hall–Kier alpha value is -1.51. The first-order valence-electron chi connectivity index (χ1n) is 7.00. The van der Waals surface area contributed by atoms with Gasteiger partial charge in [0.2, 0.25) is 0 Å². The van der Waals surface area contributed by atoms with E-state index in [2.05, 4.69) is 26.1 Å². The quantitative estimate of drug-likeness (QED) is 0.850. The Morgan fingerprint density at radius 2 is 1.68 bits per heavy atom. The van der Waals surface area contributed by atoms with Crippen LogP contribution in [-0.2, 0) is 11.3 Å². The summed E-state index contributed by atoms with van der Waals surface area (Å²) in [4.78, 5) is 10.9. The molecule has 0 heterocycles. The van der Waals surface area contributed by atoms with Crippen LogP contribution < -0.4 is 5.32 Å². The van der Waals surface area contributed by atoms with Crippen LogP contribution in [0.5, 0.6) is 0 Å². The highest BCUT2D eigenvalue weighted by Crippen LogP contribution is 2.00. The lowest BCUT2D eigenvalue weighted by atomic mass is 10.2. The molecule has 0 fully saturated rings. The lowest BCUT2D eigenvalue weighted by Gasteiger charge is -2.04. The molecule has 1 aromatic carbocycles. The lowest BCUT2D eigenvalue weighted by Crippen LogP contribution is -2.23. The fourth-order valence-corrected chi connectivity index (χ4v) is 0.918. The molecule has 3 nitrogen and oxygen atoms in total. The average Bonchev–Trinajstić information content (AvgIpc) is 2.40. The second-order valence-electron chi connectivity index (χ2n) is 4.32. The van der Waals surface area contributed by atoms with Gasteiger partial charge >= 0.3 is 6.09 Å². The van der Waals surface area contributed by atoms with Crippen LogP contribution in [0.15, 0.2) is 30.3 Å². The monoisotopic (exact) mass is 269 g/mol. The van der Waals surface area contributed by atoms with Gasteiger partial charge in [-0.05, 0) is 18.4 Å². The van der Waals surface area contributed by atoms with Crippen molar-refractivity contribution in [1.82, 2.24) is 5.32 Å². The molecule has 0 aliphatic heterocycles. The molecular formula is C16H31NO2. The first-order chi connectivity index (χ1) is 9.06. The van der Waals surface area contributed by atoms with E-state index in [0.29, 0.717) is 13.2 Å². The zero-order valence-corrected chi connectivity index (χ0v) is 13.2. The van der Waals surface area contributed by atoms with Crippen molar-refractivity contribution < 1.29 is 11.0 Å². The van der Waals surface area contributed by atoms with Crippen molar-refractivity contribution >= 4 is 6.09 Å². The third-order valence-electron chi connectivity index (χ3n) is 1.53. The van der Waals surface area contributed by atoms with Crippen LogP contribution >= 0.6 is 0 Å². The number of amides is 1. The van der Waals surface area contributed by atoms with Crippen molar-refractivity contribution in [3.63, 3.8) is 0 Å². The molecule has 0 spiro atoms. The van der Waals surface area contributed by atoms with E-state index >= 15 is 0 Å². The van der Waals surface area contributed by atoms with Gasteiger partial charge in [0.25, 0.3) is 0 Å². The maximum atomic E-state index is 10.9. The van der Waals surface area contributed by atoms with E-state index < -0.39 is 0 Å². The van der Waals surface area contributed by atoms with Gasteiger partial charge in [0.05, 0.1) is 0 Å². The fraction of sp³-hybridized carbons (Fsp3) is 0.562. The molecule has 112 valence electrons. The number of carbonyl (C=O) groups excluding carboxylic acids is 1. The maximum Gasteiger partial charge on any atom is 0.407 e. The van der Waals surface area contributed by atoms with E-state index in [1.165, 1.54) is 0 Å². The molecule has 19 heavy (non-hydrogen) atoms. The number of benzene rings is 1. The zero-order chi connectivity index (χ0) is 15.1. The van der Waals surface area contributed by atoms with E-state index in [1.54, 1.807) is 0 Å². The minimum Gasteiger partial charge on any atom is -0.445 e. The van der Waals surface area contributed by atoms with Crippen LogP contribution in [0, 0.1) is 5.92 Å². The number of ether oxygens (including phenoxy) is 1. The minimum absolute atomic E-state index is 0. The van der Waals surface area contributed by atoms with Gasteiger partial charge in [-0.3, -0.25) is 0 Å². The van der Waals surface area contributed by atoms with Crippen LogP contribution in [0.4, 0.5) is 4.79 Å². The summed E-state index contributed by atoms with van der Waals surface area (Å²) in [5, 5.41) is 2.55. The van der Waals surface area contributed by atoms with Crippen molar-refractivity contribution in [2.45, 2.75) is 48.1 Å². The molecule has 1 N–H and O–H groups in total. The normalized spacial score (nSPS) is 8.58. The number of hydrogen-bond acceptors (Lipinski definition) is 2. The maximum absolute atomic E-state index is 10.9. The van der Waals surface area contributed by atoms with Crippen molar-refractivity contribution in [3.8, 4) is 0 Å². The summed E-state index contributed by atoms with van der Waals surface area (Å²) in [5.74, 6) is 0.833. The Kier molecular flexibility index (Phi) is 15.2. The molecule has 0 atom stereocenters. The first kappa shape index (κ1) is 19.8. The summed E-state index contributed by atoms with van der Waals surface area (Å²) in [6, 6.07) is 9.58. The third kappa shape index (κ3) is 16.5. The van der Waals surface area contributed by atoms with Crippen LogP contribution in [0.1, 0.15) is 48.5 Å². The van der Waals surface area contributed by atoms with Gasteiger partial charge in [0.1, 0.15) is 6.61 Å². The predicted molar refractivity (Wildman–Crippen MR) is 84.3 cm³/mol. The smallest absolute Gasteiger partial charge is 0.407 e. The van der Waals surface area contributed by atoms with Gasteiger partial charge in [0, 0.05) is 7.97 Å². The molecule has 1 amide bonds. The number of hydrogen-bond donors (Lipinski definition) is 1. The minimum atomic E-state index is -0.369. The van der Waals surface area contributed by atoms with Crippen molar-refractivity contribution in [1.29, 1.82) is 0 Å². The van der Waals surface area contributed by atoms with E-state index in [9.17, 15) is 4.79 Å². The van der Waals surface area contributed by atoms with Crippen LogP contribution in [0.25, 0.3) is 0 Å². The molecule has 1 rings (SSSR count). The Bertz CT molecular complexity index is 300.